The van der Waals surface area contributed by atoms with Crippen molar-refractivity contribution < 1.29 is 44.7 Å². The molecule has 7 N–H and O–H groups in total. The highest BCUT2D eigenvalue weighted by Crippen LogP contribution is 2.29. The lowest BCUT2D eigenvalue weighted by Crippen LogP contribution is -2.43. The van der Waals surface area contributed by atoms with E-state index in [1.54, 1.807) is 60.7 Å². The van der Waals surface area contributed by atoms with Gasteiger partial charge in [0, 0.05) is 17.7 Å². The Balaban J connectivity index is 0.000000821. The van der Waals surface area contributed by atoms with Crippen molar-refractivity contribution in [2.75, 3.05) is 11.6 Å². The third-order valence-electron chi connectivity index (χ3n) is 5.44. The van der Waals surface area contributed by atoms with Gasteiger partial charge in [-0.2, -0.15) is 18.3 Å². The average molecular weight is 644 g/mol. The van der Waals surface area contributed by atoms with E-state index in [0.717, 1.165) is 22.9 Å². The summed E-state index contributed by atoms with van der Waals surface area (Å²) in [5.74, 6) is 1.73. The van der Waals surface area contributed by atoms with Gasteiger partial charge in [0.1, 0.15) is 6.04 Å². The summed E-state index contributed by atoms with van der Waals surface area (Å²) in [6.07, 6.45) is -2.55. The van der Waals surface area contributed by atoms with Gasteiger partial charge in [-0.3, -0.25) is 9.52 Å². The van der Waals surface area contributed by atoms with Crippen LogP contribution in [0.4, 0.5) is 18.9 Å². The van der Waals surface area contributed by atoms with Crippen LogP contribution in [0, 0.1) is 6.92 Å². The zero-order chi connectivity index (χ0) is 32.6. The lowest BCUT2D eigenvalue weighted by molar-refractivity contribution is -0.192. The van der Waals surface area contributed by atoms with Crippen molar-refractivity contribution in [1.82, 2.24) is 4.72 Å². The minimum absolute atomic E-state index is 0.000108. The Morgan fingerprint density at radius 2 is 1.63 bits per heavy atom. The molecule has 0 aliphatic rings. The number of amides is 1. The topological polar surface area (TPSA) is 211 Å². The number of primary sulfonamides is 1. The molecule has 0 heterocycles. The molecule has 17 heteroatoms. The molecule has 232 valence electrons. The van der Waals surface area contributed by atoms with Gasteiger partial charge in [0.2, 0.25) is 20.0 Å². The predicted octanol–water partition coefficient (Wildman–Crippen LogP) is 2.33. The Morgan fingerprint density at radius 3 is 2.14 bits per heavy atom. The maximum absolute atomic E-state index is 12.8. The molecule has 0 fully saturated rings. The van der Waals surface area contributed by atoms with Gasteiger partial charge in [0.25, 0.3) is 5.91 Å². The molecule has 0 aliphatic heterocycles. The van der Waals surface area contributed by atoms with Crippen molar-refractivity contribution in [1.29, 1.82) is 0 Å². The minimum Gasteiger partial charge on any atom is -0.475 e. The molecule has 1 atom stereocenters. The Hall–Kier alpha value is -4.48. The third-order valence-corrected chi connectivity index (χ3v) is 6.98. The van der Waals surface area contributed by atoms with Crippen molar-refractivity contribution in [3.05, 3.63) is 83.4 Å². The van der Waals surface area contributed by atoms with Crippen molar-refractivity contribution >= 4 is 43.8 Å². The summed E-state index contributed by atoms with van der Waals surface area (Å²) in [5.41, 5.74) is 3.93. The number of anilines is 1. The molecular weight excluding hydrogens is 615 g/mol. The lowest BCUT2D eigenvalue weighted by atomic mass is 10.0. The van der Waals surface area contributed by atoms with Crippen LogP contribution in [0.3, 0.4) is 0 Å². The summed E-state index contributed by atoms with van der Waals surface area (Å²) in [5, 5.41) is 19.1. The molecule has 0 aliphatic carbocycles. The number of halogens is 3. The van der Waals surface area contributed by atoms with Crippen LogP contribution in [-0.4, -0.2) is 58.5 Å². The van der Waals surface area contributed by atoms with Crippen molar-refractivity contribution in [3.8, 4) is 11.1 Å². The van der Waals surface area contributed by atoms with Crippen LogP contribution in [0.2, 0.25) is 0 Å². The summed E-state index contributed by atoms with van der Waals surface area (Å²) in [6, 6.07) is 17.8. The number of carboxylic acids is 1. The first-order chi connectivity index (χ1) is 19.8. The van der Waals surface area contributed by atoms with Gasteiger partial charge >= 0.3 is 12.1 Å². The van der Waals surface area contributed by atoms with Crippen LogP contribution in [0.1, 0.15) is 16.7 Å². The largest absolute Gasteiger partial charge is 0.490 e. The minimum atomic E-state index is -5.08. The fourth-order valence-electron chi connectivity index (χ4n) is 3.65. The number of aryl methyl sites for hydroxylation is 1. The zero-order valence-electron chi connectivity index (χ0n) is 22.7. The molecule has 0 bridgehead atoms. The lowest BCUT2D eigenvalue weighted by Gasteiger charge is -2.20. The quantitative estimate of drug-likeness (QED) is 0.131. The molecule has 3 aromatic rings. The van der Waals surface area contributed by atoms with Gasteiger partial charge in [-0.05, 0) is 41.8 Å². The monoisotopic (exact) mass is 643 g/mol. The molecule has 3 aromatic carbocycles. The van der Waals surface area contributed by atoms with Crippen LogP contribution in [0.25, 0.3) is 11.1 Å². The number of carboxylic acid groups (broad SMARTS) is 1. The molecule has 3 rings (SSSR count). The number of aliphatic carboxylic acids is 1. The molecule has 0 saturated heterocycles. The van der Waals surface area contributed by atoms with Crippen LogP contribution in [0.5, 0.6) is 0 Å². The second kappa shape index (κ2) is 14.1. The van der Waals surface area contributed by atoms with E-state index in [2.05, 4.69) is 10.4 Å². The van der Waals surface area contributed by atoms with Gasteiger partial charge < -0.3 is 16.3 Å². The second-order valence-electron chi connectivity index (χ2n) is 9.09. The number of nitrogens with one attached hydrogen (secondary N) is 2. The SMILES string of the molecule is Cc1ccc(S(N)(=O)=O)c(-c2ccc(N[C@@H](Cc3cccc(C=NN)c3)C(=O)NS(C)(=O)=O)cc2)c1.O=C(O)C(F)(F)F. The number of benzene rings is 3. The Morgan fingerprint density at radius 1 is 1.02 bits per heavy atom. The molecule has 12 nitrogen and oxygen atoms in total. The number of hydrogen-bond donors (Lipinski definition) is 5. The van der Waals surface area contributed by atoms with Gasteiger partial charge in [0.05, 0.1) is 17.4 Å². The van der Waals surface area contributed by atoms with Crippen LogP contribution in [-0.2, 0) is 36.1 Å². The predicted molar refractivity (Wildman–Crippen MR) is 154 cm³/mol. The van der Waals surface area contributed by atoms with Gasteiger partial charge in [-0.15, -0.1) is 0 Å². The van der Waals surface area contributed by atoms with Crippen LogP contribution >= 0.6 is 0 Å². The molecule has 0 saturated carbocycles. The maximum atomic E-state index is 12.8. The molecule has 0 spiro atoms. The number of alkyl halides is 3. The van der Waals surface area contributed by atoms with E-state index in [4.69, 9.17) is 20.9 Å². The van der Waals surface area contributed by atoms with E-state index in [0.29, 0.717) is 16.8 Å². The fraction of sp³-hybridized carbons (Fsp3) is 0.192. The van der Waals surface area contributed by atoms with E-state index in [1.165, 1.54) is 12.3 Å². The van der Waals surface area contributed by atoms with E-state index >= 15 is 0 Å². The van der Waals surface area contributed by atoms with Gasteiger partial charge in [-0.25, -0.2) is 26.8 Å². The first kappa shape index (κ1) is 34.7. The molecular formula is C26H28F3N5O7S2. The Bertz CT molecular complexity index is 1710. The normalized spacial score (nSPS) is 12.6. The van der Waals surface area contributed by atoms with Crippen molar-refractivity contribution in [3.63, 3.8) is 0 Å². The third kappa shape index (κ3) is 11.4. The number of carbonyl (C=O) groups is 2. The standard InChI is InChI=1S/C24H27N5O5S2.C2HF3O2/c1-16-6-11-23(36(26,33)34)21(12-16)19-7-9-20(10-8-19)28-22(24(30)29-35(2,31)32)14-17-4-3-5-18(13-17)15-27-25;3-2(4,5)1(6)7/h3-13,15,22,28H,14,25H2,1-2H3,(H,29,30)(H2,26,33,34);(H,6,7)/t22-;/m0./s1. The Kier molecular flexibility index (Phi) is 11.4. The number of nitrogens with zero attached hydrogens (tertiary/aromatic N) is 1. The maximum Gasteiger partial charge on any atom is 0.490 e. The smallest absolute Gasteiger partial charge is 0.475 e. The van der Waals surface area contributed by atoms with Crippen molar-refractivity contribution in [2.24, 2.45) is 16.1 Å². The summed E-state index contributed by atoms with van der Waals surface area (Å²) in [6.45, 7) is 1.84. The van der Waals surface area contributed by atoms with Crippen LogP contribution < -0.4 is 21.0 Å². The van der Waals surface area contributed by atoms with E-state index in [-0.39, 0.29) is 11.3 Å². The van der Waals surface area contributed by atoms with Gasteiger partial charge in [0.15, 0.2) is 0 Å². The fourth-order valence-corrected chi connectivity index (χ4v) is 4.90. The van der Waals surface area contributed by atoms with E-state index < -0.39 is 44.1 Å². The molecule has 0 unspecified atom stereocenters. The van der Waals surface area contributed by atoms with E-state index in [9.17, 15) is 34.8 Å². The molecule has 43 heavy (non-hydrogen) atoms. The first-order valence-corrected chi connectivity index (χ1v) is 15.4. The number of carbonyl (C=O) groups excluding carboxylic acids is 1. The van der Waals surface area contributed by atoms with Crippen molar-refractivity contribution in [2.45, 2.75) is 30.5 Å². The van der Waals surface area contributed by atoms with Crippen LogP contribution in [0.15, 0.2) is 76.7 Å². The molecule has 0 radical (unpaired) electrons. The number of sulfonamides is 2. The van der Waals surface area contributed by atoms with E-state index in [1.807, 2.05) is 11.6 Å². The highest BCUT2D eigenvalue weighted by Gasteiger charge is 2.38. The highest BCUT2D eigenvalue weighted by molar-refractivity contribution is 7.89. The average Bonchev–Trinajstić information content (AvgIpc) is 2.87. The second-order valence-corrected chi connectivity index (χ2v) is 12.4. The first-order valence-electron chi connectivity index (χ1n) is 11.9. The number of hydrogen-bond acceptors (Lipinski definition) is 9. The zero-order valence-corrected chi connectivity index (χ0v) is 24.3. The number of rotatable bonds is 9. The van der Waals surface area contributed by atoms with Gasteiger partial charge in [-0.1, -0.05) is 54.1 Å². The summed E-state index contributed by atoms with van der Waals surface area (Å²) in [7, 11) is -7.72. The summed E-state index contributed by atoms with van der Waals surface area (Å²) < 4.78 is 81.2. The number of nitrogens with two attached hydrogens (primary N) is 2. The summed E-state index contributed by atoms with van der Waals surface area (Å²) >= 11 is 0. The molecule has 1 amide bonds. The molecule has 0 aromatic heterocycles. The number of hydrazone groups is 1. The Labute approximate surface area is 245 Å². The highest BCUT2D eigenvalue weighted by atomic mass is 32.2. The summed E-state index contributed by atoms with van der Waals surface area (Å²) in [4.78, 5) is 21.7.